The zero-order chi connectivity index (χ0) is 19.3. The fourth-order valence-corrected chi connectivity index (χ4v) is 3.92. The molecule has 8 nitrogen and oxygen atoms in total. The zero-order valence-electron chi connectivity index (χ0n) is 14.6. The third-order valence-corrected chi connectivity index (χ3v) is 5.50. The van der Waals surface area contributed by atoms with E-state index >= 15 is 0 Å². The summed E-state index contributed by atoms with van der Waals surface area (Å²) in [5, 5.41) is 18.0. The highest BCUT2D eigenvalue weighted by atomic mass is 32.1. The van der Waals surface area contributed by atoms with Gasteiger partial charge in [-0.05, 0) is 17.0 Å². The van der Waals surface area contributed by atoms with E-state index in [-0.39, 0.29) is 24.8 Å². The molecule has 28 heavy (non-hydrogen) atoms. The van der Waals surface area contributed by atoms with Crippen molar-refractivity contribution in [3.05, 3.63) is 69.0 Å². The molecule has 0 aliphatic rings. The Kier molecular flexibility index (Phi) is 5.40. The van der Waals surface area contributed by atoms with E-state index in [4.69, 9.17) is 4.42 Å². The summed E-state index contributed by atoms with van der Waals surface area (Å²) in [5.74, 6) is -0.595. The maximum absolute atomic E-state index is 12.2. The molecule has 0 bridgehead atoms. The Morgan fingerprint density at radius 1 is 1.14 bits per heavy atom. The molecule has 1 amide bonds. The van der Waals surface area contributed by atoms with Crippen molar-refractivity contribution in [2.24, 2.45) is 0 Å². The molecule has 142 valence electrons. The first-order valence-corrected chi connectivity index (χ1v) is 10.1. The fourth-order valence-electron chi connectivity index (χ4n) is 2.48. The quantitative estimate of drug-likeness (QED) is 0.500. The average Bonchev–Trinajstić information content (AvgIpc) is 3.43. The summed E-state index contributed by atoms with van der Waals surface area (Å²) < 4.78 is 6.27. The second kappa shape index (κ2) is 8.28. The molecular weight excluding hydrogens is 398 g/mol. The van der Waals surface area contributed by atoms with Crippen molar-refractivity contribution in [2.75, 3.05) is 5.32 Å². The van der Waals surface area contributed by atoms with Crippen LogP contribution in [0, 0.1) is 0 Å². The highest BCUT2D eigenvalue weighted by molar-refractivity contribution is 7.15. The van der Waals surface area contributed by atoms with Crippen molar-refractivity contribution >= 4 is 33.7 Å². The Hall–Kier alpha value is -3.11. The zero-order valence-corrected chi connectivity index (χ0v) is 16.2. The van der Waals surface area contributed by atoms with E-state index in [1.54, 1.807) is 0 Å². The van der Waals surface area contributed by atoms with Crippen LogP contribution in [0.2, 0.25) is 0 Å². The SMILES string of the molecule is O=C(CCn1nc(-c2cccs2)oc1=O)Nc1nnc(Cc2ccccc2)s1. The third kappa shape index (κ3) is 4.41. The first-order chi connectivity index (χ1) is 13.7. The number of carbonyl (C=O) groups is 1. The highest BCUT2D eigenvalue weighted by Gasteiger charge is 2.13. The van der Waals surface area contributed by atoms with Gasteiger partial charge in [0.05, 0.1) is 11.4 Å². The third-order valence-electron chi connectivity index (χ3n) is 3.80. The topological polar surface area (TPSA) is 103 Å². The largest absolute Gasteiger partial charge is 0.437 e. The Morgan fingerprint density at radius 3 is 2.79 bits per heavy atom. The molecular formula is C18H15N5O3S2. The number of aromatic nitrogens is 4. The fraction of sp³-hybridized carbons (Fsp3) is 0.167. The lowest BCUT2D eigenvalue weighted by Crippen LogP contribution is -2.20. The Morgan fingerprint density at radius 2 is 2.00 bits per heavy atom. The summed E-state index contributed by atoms with van der Waals surface area (Å²) in [6.45, 7) is 0.120. The van der Waals surface area contributed by atoms with Gasteiger partial charge in [0.2, 0.25) is 11.0 Å². The maximum Gasteiger partial charge on any atom is 0.437 e. The molecule has 1 aromatic carbocycles. The number of rotatable bonds is 7. The number of thiophene rings is 1. The van der Waals surface area contributed by atoms with Crippen LogP contribution in [0.15, 0.2) is 57.1 Å². The number of nitrogens with zero attached hydrogens (tertiary/aromatic N) is 4. The van der Waals surface area contributed by atoms with Gasteiger partial charge < -0.3 is 9.73 Å². The molecule has 4 rings (SSSR count). The van der Waals surface area contributed by atoms with Crippen molar-refractivity contribution in [3.63, 3.8) is 0 Å². The molecule has 0 aliphatic carbocycles. The van der Waals surface area contributed by atoms with Gasteiger partial charge >= 0.3 is 5.76 Å². The molecule has 3 aromatic heterocycles. The van der Waals surface area contributed by atoms with Gasteiger partial charge in [-0.3, -0.25) is 4.79 Å². The van der Waals surface area contributed by atoms with Crippen molar-refractivity contribution in [3.8, 4) is 10.8 Å². The summed E-state index contributed by atoms with van der Waals surface area (Å²) in [6, 6.07) is 13.6. The molecule has 10 heteroatoms. The summed E-state index contributed by atoms with van der Waals surface area (Å²) in [5.41, 5.74) is 1.13. The van der Waals surface area contributed by atoms with Crippen molar-refractivity contribution in [1.82, 2.24) is 20.0 Å². The van der Waals surface area contributed by atoms with Gasteiger partial charge in [-0.15, -0.1) is 26.6 Å². The maximum atomic E-state index is 12.2. The van der Waals surface area contributed by atoms with Crippen LogP contribution in [0.5, 0.6) is 0 Å². The monoisotopic (exact) mass is 413 g/mol. The summed E-state index contributed by atoms with van der Waals surface area (Å²) in [4.78, 5) is 24.8. The number of hydrogen-bond donors (Lipinski definition) is 1. The molecule has 0 unspecified atom stereocenters. The number of nitrogens with one attached hydrogen (secondary N) is 1. The smallest absolute Gasteiger partial charge is 0.387 e. The summed E-state index contributed by atoms with van der Waals surface area (Å²) in [6.07, 6.45) is 0.734. The van der Waals surface area contributed by atoms with Crippen molar-refractivity contribution in [1.29, 1.82) is 0 Å². The van der Waals surface area contributed by atoms with Gasteiger partial charge in [0.25, 0.3) is 5.89 Å². The predicted molar refractivity (Wildman–Crippen MR) is 106 cm³/mol. The summed E-state index contributed by atoms with van der Waals surface area (Å²) in [7, 11) is 0. The first kappa shape index (κ1) is 18.3. The minimum Gasteiger partial charge on any atom is -0.387 e. The Balaban J connectivity index is 1.32. The van der Waals surface area contributed by atoms with Crippen LogP contribution in [-0.2, 0) is 17.8 Å². The second-order valence-corrected chi connectivity index (χ2v) is 7.84. The lowest BCUT2D eigenvalue weighted by molar-refractivity contribution is -0.116. The van der Waals surface area contributed by atoms with Crippen LogP contribution in [0.1, 0.15) is 17.0 Å². The van der Waals surface area contributed by atoms with Crippen LogP contribution < -0.4 is 11.1 Å². The molecule has 3 heterocycles. The van der Waals surface area contributed by atoms with E-state index in [1.165, 1.54) is 22.7 Å². The van der Waals surface area contributed by atoms with Crippen LogP contribution >= 0.6 is 22.7 Å². The Bertz CT molecular complexity index is 1120. The predicted octanol–water partition coefficient (Wildman–Crippen LogP) is 3.04. The molecule has 0 fully saturated rings. The number of hydrogen-bond acceptors (Lipinski definition) is 8. The van der Waals surface area contributed by atoms with Crippen LogP contribution in [0.3, 0.4) is 0 Å². The normalized spacial score (nSPS) is 10.9. The number of anilines is 1. The van der Waals surface area contributed by atoms with E-state index in [1.807, 2.05) is 47.8 Å². The standard InChI is InChI=1S/C18H15N5O3S2/c24-14(8-9-23-18(25)26-16(22-23)13-7-4-10-27-13)19-17-21-20-15(28-17)11-12-5-2-1-3-6-12/h1-7,10H,8-9,11H2,(H,19,21,24). The van der Waals surface area contributed by atoms with Gasteiger partial charge in [0.1, 0.15) is 5.01 Å². The van der Waals surface area contributed by atoms with Crippen LogP contribution in [0.4, 0.5) is 5.13 Å². The van der Waals surface area contributed by atoms with Crippen LogP contribution in [-0.4, -0.2) is 25.9 Å². The molecule has 4 aromatic rings. The van der Waals surface area contributed by atoms with E-state index in [0.29, 0.717) is 11.6 Å². The van der Waals surface area contributed by atoms with Gasteiger partial charge in [-0.25, -0.2) is 4.79 Å². The van der Waals surface area contributed by atoms with Gasteiger partial charge in [-0.1, -0.05) is 47.7 Å². The lowest BCUT2D eigenvalue weighted by Gasteiger charge is -2.00. The number of benzene rings is 1. The molecule has 0 atom stereocenters. The molecule has 0 aliphatic heterocycles. The molecule has 0 radical (unpaired) electrons. The molecule has 0 saturated carbocycles. The number of carbonyl (C=O) groups excluding carboxylic acids is 1. The van der Waals surface area contributed by atoms with E-state index in [2.05, 4.69) is 20.6 Å². The molecule has 1 N–H and O–H groups in total. The van der Waals surface area contributed by atoms with Gasteiger partial charge in [-0.2, -0.15) is 4.68 Å². The van der Waals surface area contributed by atoms with Gasteiger partial charge in [0.15, 0.2) is 0 Å². The van der Waals surface area contributed by atoms with Crippen LogP contribution in [0.25, 0.3) is 10.8 Å². The summed E-state index contributed by atoms with van der Waals surface area (Å²) >= 11 is 2.75. The minimum atomic E-state index is -0.586. The minimum absolute atomic E-state index is 0.0733. The average molecular weight is 413 g/mol. The Labute approximate surface area is 167 Å². The van der Waals surface area contributed by atoms with Gasteiger partial charge in [0, 0.05) is 12.8 Å². The number of aryl methyl sites for hydroxylation is 1. The lowest BCUT2D eigenvalue weighted by atomic mass is 10.2. The second-order valence-electron chi connectivity index (χ2n) is 5.84. The van der Waals surface area contributed by atoms with E-state index < -0.39 is 5.76 Å². The van der Waals surface area contributed by atoms with E-state index in [9.17, 15) is 9.59 Å². The van der Waals surface area contributed by atoms with Crippen molar-refractivity contribution < 1.29 is 9.21 Å². The number of amides is 1. The molecule has 0 saturated heterocycles. The molecule has 0 spiro atoms. The first-order valence-electron chi connectivity index (χ1n) is 8.45. The van der Waals surface area contributed by atoms with E-state index in [0.717, 1.165) is 20.1 Å². The van der Waals surface area contributed by atoms with Crippen molar-refractivity contribution in [2.45, 2.75) is 19.4 Å². The highest BCUT2D eigenvalue weighted by Crippen LogP contribution is 2.21.